The van der Waals surface area contributed by atoms with Crippen LogP contribution >= 0.6 is 11.3 Å². The summed E-state index contributed by atoms with van der Waals surface area (Å²) < 4.78 is 5.43. The third kappa shape index (κ3) is 12.0. The highest BCUT2D eigenvalue weighted by atomic mass is 32.1. The number of benzene rings is 1. The number of aliphatic hydroxyl groups is 1. The Morgan fingerprint density at radius 2 is 1.52 bits per heavy atom. The second kappa shape index (κ2) is 18.5. The van der Waals surface area contributed by atoms with Gasteiger partial charge in [-0.25, -0.2) is 9.78 Å². The first-order chi connectivity index (χ1) is 25.3. The quantitative estimate of drug-likeness (QED) is 0.234. The van der Waals surface area contributed by atoms with Crippen molar-refractivity contribution >= 4 is 41.1 Å². The second-order valence-electron chi connectivity index (χ2n) is 16.6. The van der Waals surface area contributed by atoms with Crippen molar-refractivity contribution in [3.8, 4) is 10.4 Å². The first kappa shape index (κ1) is 42.7. The molecular formula is C40H60N6O7S. The first-order valence-corrected chi connectivity index (χ1v) is 20.1. The summed E-state index contributed by atoms with van der Waals surface area (Å²) in [6, 6.07) is 5.86. The number of unbranched alkanes of at least 4 members (excludes halogenated alkanes) is 3. The zero-order chi connectivity index (χ0) is 39.8. The van der Waals surface area contributed by atoms with Gasteiger partial charge in [0.15, 0.2) is 0 Å². The molecule has 13 nitrogen and oxygen atoms in total. The maximum absolute atomic E-state index is 14.0. The van der Waals surface area contributed by atoms with Crippen LogP contribution in [0.1, 0.15) is 111 Å². The Morgan fingerprint density at radius 3 is 2.09 bits per heavy atom. The largest absolute Gasteiger partial charge is 0.444 e. The van der Waals surface area contributed by atoms with E-state index in [1.165, 1.54) is 4.90 Å². The number of ether oxygens (including phenoxy) is 1. The molecular weight excluding hydrogens is 709 g/mol. The van der Waals surface area contributed by atoms with E-state index in [1.54, 1.807) is 21.1 Å². The van der Waals surface area contributed by atoms with E-state index in [4.69, 9.17) is 4.74 Å². The molecule has 4 rings (SSSR count). The van der Waals surface area contributed by atoms with E-state index in [-0.39, 0.29) is 49.2 Å². The molecule has 0 aliphatic carbocycles. The summed E-state index contributed by atoms with van der Waals surface area (Å²) in [6.45, 7) is 16.8. The fraction of sp³-hybridized carbons (Fsp3) is 0.650. The van der Waals surface area contributed by atoms with Crippen LogP contribution in [0.2, 0.25) is 0 Å². The Bertz CT molecular complexity index is 1610. The molecule has 0 bridgehead atoms. The molecule has 4 atom stereocenters. The van der Waals surface area contributed by atoms with Crippen molar-refractivity contribution in [1.29, 1.82) is 0 Å². The zero-order valence-electron chi connectivity index (χ0n) is 33.3. The molecule has 2 aromatic rings. The third-order valence-corrected chi connectivity index (χ3v) is 10.9. The number of likely N-dealkylation sites (tertiary alicyclic amines) is 1. The minimum Gasteiger partial charge on any atom is -0.444 e. The molecule has 2 fully saturated rings. The maximum atomic E-state index is 14.0. The van der Waals surface area contributed by atoms with E-state index in [0.717, 1.165) is 34.5 Å². The number of carbonyl (C=O) groups excluding carboxylic acids is 5. The van der Waals surface area contributed by atoms with E-state index >= 15 is 0 Å². The highest BCUT2D eigenvalue weighted by Gasteiger charge is 2.44. The van der Waals surface area contributed by atoms with Crippen LogP contribution in [-0.4, -0.2) is 111 Å². The van der Waals surface area contributed by atoms with E-state index < -0.39 is 35.1 Å². The van der Waals surface area contributed by atoms with Gasteiger partial charge in [0.25, 0.3) is 0 Å². The SMILES string of the molecule is Cc1ncsc1-c1ccc(C(C)NC(=O)[C@@H]2C[C@@H](O)CN2C(=O)C(NC(=O)CCCCCCC(=O)N2CCN(C(=O)OC(C)(C)C)CC2)C(C)(C)C)cc1. The van der Waals surface area contributed by atoms with Crippen LogP contribution in [0.25, 0.3) is 10.4 Å². The Hall–Kier alpha value is -4.04. The van der Waals surface area contributed by atoms with Crippen molar-refractivity contribution in [2.45, 2.75) is 130 Å². The smallest absolute Gasteiger partial charge is 0.410 e. The number of amides is 5. The monoisotopic (exact) mass is 768 g/mol. The van der Waals surface area contributed by atoms with Crippen molar-refractivity contribution in [2.75, 3.05) is 32.7 Å². The highest BCUT2D eigenvalue weighted by molar-refractivity contribution is 7.13. The fourth-order valence-corrected chi connectivity index (χ4v) is 7.60. The van der Waals surface area contributed by atoms with Crippen molar-refractivity contribution in [1.82, 2.24) is 30.3 Å². The van der Waals surface area contributed by atoms with Gasteiger partial charge in [-0.2, -0.15) is 0 Å². The average molecular weight is 769 g/mol. The van der Waals surface area contributed by atoms with E-state index in [0.29, 0.717) is 45.4 Å². The number of nitrogens with zero attached hydrogens (tertiary/aromatic N) is 4. The van der Waals surface area contributed by atoms with Gasteiger partial charge in [-0.15, -0.1) is 11.3 Å². The molecule has 2 aliphatic rings. The molecule has 0 spiro atoms. The molecule has 5 amide bonds. The summed E-state index contributed by atoms with van der Waals surface area (Å²) in [7, 11) is 0. The number of piperazine rings is 1. The second-order valence-corrected chi connectivity index (χ2v) is 17.5. The van der Waals surface area contributed by atoms with E-state index in [9.17, 15) is 29.1 Å². The molecule has 14 heteroatoms. The Kier molecular flexibility index (Phi) is 14.7. The topological polar surface area (TPSA) is 161 Å². The fourth-order valence-electron chi connectivity index (χ4n) is 6.79. The molecule has 0 saturated carbocycles. The van der Waals surface area contributed by atoms with Crippen LogP contribution in [-0.2, 0) is 23.9 Å². The highest BCUT2D eigenvalue weighted by Crippen LogP contribution is 2.30. The summed E-state index contributed by atoms with van der Waals surface area (Å²) in [5.74, 6) is -0.938. The standard InChI is InChI=1S/C40H60N6O7S/c1-26(28-15-17-29(18-16-28)34-27(2)41-25-54-34)42-36(50)31-23-30(47)24-46(31)37(51)35(39(3,4)5)43-32(48)13-11-9-10-12-14-33(49)44-19-21-45(22-20-44)38(52)53-40(6,7)8/h15-18,25-26,30-31,35,47H,9-14,19-24H2,1-8H3,(H,42,50)(H,43,48)/t26?,30-,31+,35?/m1/s1. The Balaban J connectivity index is 1.21. The van der Waals surface area contributed by atoms with Crippen LogP contribution in [0.15, 0.2) is 29.8 Å². The van der Waals surface area contributed by atoms with Gasteiger partial charge >= 0.3 is 6.09 Å². The van der Waals surface area contributed by atoms with Gasteiger partial charge in [-0.3, -0.25) is 19.2 Å². The molecule has 1 aromatic heterocycles. The van der Waals surface area contributed by atoms with Gasteiger partial charge in [-0.1, -0.05) is 57.9 Å². The molecule has 1 aromatic carbocycles. The molecule has 2 saturated heterocycles. The van der Waals surface area contributed by atoms with Crippen LogP contribution in [0.3, 0.4) is 0 Å². The molecule has 2 unspecified atom stereocenters. The van der Waals surface area contributed by atoms with Crippen LogP contribution in [0.4, 0.5) is 4.79 Å². The van der Waals surface area contributed by atoms with Crippen LogP contribution < -0.4 is 10.6 Å². The number of hydrogen-bond donors (Lipinski definition) is 3. The third-order valence-electron chi connectivity index (χ3n) is 9.89. The van der Waals surface area contributed by atoms with Crippen LogP contribution in [0, 0.1) is 12.3 Å². The lowest BCUT2D eigenvalue weighted by atomic mass is 9.85. The lowest BCUT2D eigenvalue weighted by molar-refractivity contribution is -0.144. The van der Waals surface area contributed by atoms with Gasteiger partial charge in [0.1, 0.15) is 17.7 Å². The lowest BCUT2D eigenvalue weighted by Gasteiger charge is -2.35. The number of hydrogen-bond acceptors (Lipinski definition) is 9. The summed E-state index contributed by atoms with van der Waals surface area (Å²) in [4.78, 5) is 76.0. The lowest BCUT2D eigenvalue weighted by Crippen LogP contribution is -2.57. The number of carbonyl (C=O) groups is 5. The number of aryl methyl sites for hydroxylation is 1. The minimum absolute atomic E-state index is 0.00872. The predicted molar refractivity (Wildman–Crippen MR) is 208 cm³/mol. The normalized spacial score (nSPS) is 18.9. The number of thiazole rings is 1. The summed E-state index contributed by atoms with van der Waals surface area (Å²) in [5, 5.41) is 16.5. The van der Waals surface area contributed by atoms with Gasteiger partial charge in [0.05, 0.1) is 28.2 Å². The maximum Gasteiger partial charge on any atom is 0.410 e. The van der Waals surface area contributed by atoms with Crippen molar-refractivity contribution in [2.24, 2.45) is 5.41 Å². The molecule has 0 radical (unpaired) electrons. The zero-order valence-corrected chi connectivity index (χ0v) is 34.1. The molecule has 2 aliphatic heterocycles. The molecule has 3 heterocycles. The van der Waals surface area contributed by atoms with Crippen molar-refractivity contribution < 1.29 is 33.8 Å². The number of aliphatic hydroxyl groups excluding tert-OH is 1. The Morgan fingerprint density at radius 1 is 0.907 bits per heavy atom. The number of nitrogens with one attached hydrogen (secondary N) is 2. The van der Waals surface area contributed by atoms with Gasteiger partial charge in [0.2, 0.25) is 23.6 Å². The van der Waals surface area contributed by atoms with Gasteiger partial charge in [0, 0.05) is 52.0 Å². The van der Waals surface area contributed by atoms with Crippen molar-refractivity contribution in [3.05, 3.63) is 41.0 Å². The van der Waals surface area contributed by atoms with E-state index in [2.05, 4.69) is 15.6 Å². The van der Waals surface area contributed by atoms with Gasteiger partial charge in [-0.05, 0) is 64.0 Å². The van der Waals surface area contributed by atoms with E-state index in [1.807, 2.05) is 85.2 Å². The molecule has 3 N–H and O–H groups in total. The van der Waals surface area contributed by atoms with Crippen LogP contribution in [0.5, 0.6) is 0 Å². The van der Waals surface area contributed by atoms with Gasteiger partial charge < -0.3 is 35.2 Å². The minimum atomic E-state index is -0.890. The molecule has 298 valence electrons. The predicted octanol–water partition coefficient (Wildman–Crippen LogP) is 5.21. The number of β-amino-alcohol motifs (C(OH)–C–C–N with tert-alkyl or cyclic N) is 1. The summed E-state index contributed by atoms with van der Waals surface area (Å²) >= 11 is 1.58. The average Bonchev–Trinajstić information content (AvgIpc) is 3.72. The van der Waals surface area contributed by atoms with Crippen molar-refractivity contribution in [3.63, 3.8) is 0 Å². The number of aromatic nitrogens is 1. The first-order valence-electron chi connectivity index (χ1n) is 19.2. The molecule has 54 heavy (non-hydrogen) atoms. The Labute approximate surface area is 324 Å². The summed E-state index contributed by atoms with van der Waals surface area (Å²) in [6.07, 6.45) is 2.40. The number of rotatable bonds is 13. The summed E-state index contributed by atoms with van der Waals surface area (Å²) in [5.41, 5.74) is 3.54.